The Bertz CT molecular complexity index is 798. The normalized spacial score (nSPS) is 10.5. The predicted octanol–water partition coefficient (Wildman–Crippen LogP) is 2.08. The molecule has 3 rings (SSSR count). The fraction of sp³-hybridized carbons (Fsp3) is 0.167. The average Bonchev–Trinajstić information content (AvgIpc) is 3.08. The number of aromatic nitrogens is 3. The molecule has 0 atom stereocenters. The number of aliphatic hydroxyl groups excluding tert-OH is 1. The van der Waals surface area contributed by atoms with Gasteiger partial charge in [-0.05, 0) is 24.3 Å². The summed E-state index contributed by atoms with van der Waals surface area (Å²) in [6.07, 6.45) is 1.73. The molecule has 0 saturated heterocycles. The Morgan fingerprint density at radius 3 is 2.46 bits per heavy atom. The Morgan fingerprint density at radius 1 is 1.04 bits per heavy atom. The highest BCUT2D eigenvalue weighted by atomic mass is 16.5. The van der Waals surface area contributed by atoms with Gasteiger partial charge in [-0.25, -0.2) is 4.68 Å². The number of ether oxygens (including phenoxy) is 1. The lowest BCUT2D eigenvalue weighted by Crippen LogP contribution is -2.02. The van der Waals surface area contributed by atoms with Crippen LogP contribution in [-0.2, 0) is 13.2 Å². The van der Waals surface area contributed by atoms with E-state index in [-0.39, 0.29) is 19.0 Å². The molecule has 122 valence electrons. The summed E-state index contributed by atoms with van der Waals surface area (Å²) in [5.74, 6) is 0.630. The summed E-state index contributed by atoms with van der Waals surface area (Å²) < 4.78 is 7.19. The van der Waals surface area contributed by atoms with Gasteiger partial charge >= 0.3 is 0 Å². The fourth-order valence-electron chi connectivity index (χ4n) is 2.23. The van der Waals surface area contributed by atoms with Crippen molar-refractivity contribution in [1.29, 1.82) is 0 Å². The molecule has 0 aliphatic heterocycles. The second-order valence-electron chi connectivity index (χ2n) is 5.20. The van der Waals surface area contributed by atoms with Crippen LogP contribution in [0.5, 0.6) is 5.75 Å². The first kappa shape index (κ1) is 15.9. The summed E-state index contributed by atoms with van der Waals surface area (Å²) in [5.41, 5.74) is 1.95. The van der Waals surface area contributed by atoms with Crippen LogP contribution in [-0.4, -0.2) is 32.5 Å². The Labute approximate surface area is 139 Å². The molecule has 0 saturated carbocycles. The topological polar surface area (TPSA) is 77.2 Å². The SMILES string of the molecule is O=C(c1ccccc1)c1ccc(OCc2cn(CCO)nn2)cc1. The highest BCUT2D eigenvalue weighted by Gasteiger charge is 2.08. The van der Waals surface area contributed by atoms with Gasteiger partial charge in [-0.3, -0.25) is 4.79 Å². The van der Waals surface area contributed by atoms with Gasteiger partial charge in [0.25, 0.3) is 0 Å². The zero-order valence-corrected chi connectivity index (χ0v) is 13.0. The second kappa shape index (κ2) is 7.52. The van der Waals surface area contributed by atoms with E-state index in [1.54, 1.807) is 47.3 Å². The first-order valence-electron chi connectivity index (χ1n) is 7.59. The van der Waals surface area contributed by atoms with Gasteiger partial charge in [0.05, 0.1) is 19.3 Å². The van der Waals surface area contributed by atoms with E-state index in [2.05, 4.69) is 10.3 Å². The van der Waals surface area contributed by atoms with Crippen molar-refractivity contribution < 1.29 is 14.6 Å². The average molecular weight is 323 g/mol. The van der Waals surface area contributed by atoms with Crippen molar-refractivity contribution >= 4 is 5.78 Å². The highest BCUT2D eigenvalue weighted by molar-refractivity contribution is 6.08. The Kier molecular flexibility index (Phi) is 4.98. The summed E-state index contributed by atoms with van der Waals surface area (Å²) in [6.45, 7) is 0.696. The lowest BCUT2D eigenvalue weighted by atomic mass is 10.0. The molecular formula is C18H17N3O3. The quantitative estimate of drug-likeness (QED) is 0.674. The molecule has 3 aromatic rings. The number of rotatable bonds is 7. The highest BCUT2D eigenvalue weighted by Crippen LogP contribution is 2.16. The first-order chi connectivity index (χ1) is 11.8. The molecule has 24 heavy (non-hydrogen) atoms. The minimum Gasteiger partial charge on any atom is -0.487 e. The van der Waals surface area contributed by atoms with E-state index < -0.39 is 0 Å². The molecule has 0 aliphatic rings. The maximum Gasteiger partial charge on any atom is 0.193 e. The summed E-state index contributed by atoms with van der Waals surface area (Å²) in [4.78, 5) is 12.3. The largest absolute Gasteiger partial charge is 0.487 e. The van der Waals surface area contributed by atoms with Crippen molar-refractivity contribution in [2.75, 3.05) is 6.61 Å². The molecule has 1 aromatic heterocycles. The van der Waals surface area contributed by atoms with Gasteiger partial charge in [-0.1, -0.05) is 35.5 Å². The third-order valence-electron chi connectivity index (χ3n) is 3.45. The van der Waals surface area contributed by atoms with Gasteiger partial charge < -0.3 is 9.84 Å². The van der Waals surface area contributed by atoms with E-state index >= 15 is 0 Å². The van der Waals surface area contributed by atoms with E-state index in [4.69, 9.17) is 9.84 Å². The summed E-state index contributed by atoms with van der Waals surface area (Å²) >= 11 is 0. The van der Waals surface area contributed by atoms with Crippen molar-refractivity contribution in [3.8, 4) is 5.75 Å². The molecule has 6 nitrogen and oxygen atoms in total. The van der Waals surface area contributed by atoms with Crippen molar-refractivity contribution in [3.05, 3.63) is 77.6 Å². The van der Waals surface area contributed by atoms with Crippen molar-refractivity contribution in [3.63, 3.8) is 0 Å². The van der Waals surface area contributed by atoms with E-state index in [1.807, 2.05) is 18.2 Å². The smallest absolute Gasteiger partial charge is 0.193 e. The van der Waals surface area contributed by atoms with Crippen molar-refractivity contribution in [1.82, 2.24) is 15.0 Å². The number of hydrogen-bond donors (Lipinski definition) is 1. The van der Waals surface area contributed by atoms with Crippen LogP contribution in [0.15, 0.2) is 60.8 Å². The summed E-state index contributed by atoms with van der Waals surface area (Å²) in [6, 6.07) is 16.2. The zero-order chi connectivity index (χ0) is 16.8. The Morgan fingerprint density at radius 2 is 1.75 bits per heavy atom. The van der Waals surface area contributed by atoms with Gasteiger partial charge in [0.1, 0.15) is 18.1 Å². The molecular weight excluding hydrogens is 306 g/mol. The lowest BCUT2D eigenvalue weighted by Gasteiger charge is -2.05. The van der Waals surface area contributed by atoms with Gasteiger partial charge in [0.2, 0.25) is 0 Å². The van der Waals surface area contributed by atoms with Crippen LogP contribution in [0.3, 0.4) is 0 Å². The molecule has 0 fully saturated rings. The van der Waals surface area contributed by atoms with Gasteiger partial charge in [-0.2, -0.15) is 0 Å². The monoisotopic (exact) mass is 323 g/mol. The van der Waals surface area contributed by atoms with E-state index in [0.717, 1.165) is 0 Å². The van der Waals surface area contributed by atoms with Crippen LogP contribution in [0.2, 0.25) is 0 Å². The number of benzene rings is 2. The summed E-state index contributed by atoms with van der Waals surface area (Å²) in [5, 5.41) is 16.7. The van der Waals surface area contributed by atoms with E-state index in [0.29, 0.717) is 29.1 Å². The zero-order valence-electron chi connectivity index (χ0n) is 13.0. The van der Waals surface area contributed by atoms with Crippen molar-refractivity contribution in [2.24, 2.45) is 0 Å². The molecule has 0 spiro atoms. The first-order valence-corrected chi connectivity index (χ1v) is 7.59. The third kappa shape index (κ3) is 3.85. The number of carbonyl (C=O) groups excluding carboxylic acids is 1. The Hall–Kier alpha value is -2.99. The van der Waals surface area contributed by atoms with Crippen LogP contribution >= 0.6 is 0 Å². The van der Waals surface area contributed by atoms with Gasteiger partial charge in [0.15, 0.2) is 5.78 Å². The minimum absolute atomic E-state index is 0.0144. The minimum atomic E-state index is -0.0194. The lowest BCUT2D eigenvalue weighted by molar-refractivity contribution is 0.103. The number of aliphatic hydroxyl groups is 1. The van der Waals surface area contributed by atoms with Crippen LogP contribution < -0.4 is 4.74 Å². The number of nitrogens with zero attached hydrogens (tertiary/aromatic N) is 3. The Balaban J connectivity index is 1.61. The standard InChI is InChI=1S/C18H17N3O3/c22-11-10-21-12-16(19-20-21)13-24-17-8-6-15(7-9-17)18(23)14-4-2-1-3-5-14/h1-9,12,22H,10-11,13H2. The molecule has 0 amide bonds. The van der Waals surface area contributed by atoms with E-state index in [9.17, 15) is 4.79 Å². The van der Waals surface area contributed by atoms with Crippen molar-refractivity contribution in [2.45, 2.75) is 13.2 Å². The van der Waals surface area contributed by atoms with Crippen LogP contribution in [0.4, 0.5) is 0 Å². The summed E-state index contributed by atoms with van der Waals surface area (Å²) in [7, 11) is 0. The number of ketones is 1. The molecule has 0 aliphatic carbocycles. The number of carbonyl (C=O) groups is 1. The van der Waals surface area contributed by atoms with Gasteiger partial charge in [-0.15, -0.1) is 5.10 Å². The molecule has 0 bridgehead atoms. The van der Waals surface area contributed by atoms with Crippen LogP contribution in [0, 0.1) is 0 Å². The van der Waals surface area contributed by atoms with E-state index in [1.165, 1.54) is 0 Å². The maximum absolute atomic E-state index is 12.3. The predicted molar refractivity (Wildman–Crippen MR) is 87.8 cm³/mol. The number of hydrogen-bond acceptors (Lipinski definition) is 5. The third-order valence-corrected chi connectivity index (χ3v) is 3.45. The molecule has 1 N–H and O–H groups in total. The van der Waals surface area contributed by atoms with Crippen LogP contribution in [0.1, 0.15) is 21.6 Å². The maximum atomic E-state index is 12.3. The fourth-order valence-corrected chi connectivity index (χ4v) is 2.23. The molecule has 6 heteroatoms. The molecule has 0 radical (unpaired) electrons. The van der Waals surface area contributed by atoms with Crippen LogP contribution in [0.25, 0.3) is 0 Å². The second-order valence-corrected chi connectivity index (χ2v) is 5.20. The molecule has 2 aromatic carbocycles. The van der Waals surface area contributed by atoms with Gasteiger partial charge in [0, 0.05) is 11.1 Å². The molecule has 1 heterocycles. The molecule has 0 unspecified atom stereocenters.